The Morgan fingerprint density at radius 3 is 2.75 bits per heavy atom. The summed E-state index contributed by atoms with van der Waals surface area (Å²) >= 11 is 0. The Labute approximate surface area is 94.9 Å². The molecular formula is C9H14N4O2S. The van der Waals surface area contributed by atoms with E-state index in [4.69, 9.17) is 5.26 Å². The van der Waals surface area contributed by atoms with Gasteiger partial charge in [0.1, 0.15) is 0 Å². The van der Waals surface area contributed by atoms with E-state index in [-0.39, 0.29) is 6.42 Å². The first kappa shape index (κ1) is 12.5. The Hall–Kier alpha value is -1.55. The Bertz CT molecular complexity index is 486. The van der Waals surface area contributed by atoms with Gasteiger partial charge in [-0.1, -0.05) is 6.92 Å². The molecule has 1 aromatic rings. The van der Waals surface area contributed by atoms with Gasteiger partial charge in [-0.25, -0.2) is 8.42 Å². The zero-order chi connectivity index (χ0) is 12.2. The topological polar surface area (TPSA) is 87.8 Å². The van der Waals surface area contributed by atoms with Crippen molar-refractivity contribution < 1.29 is 8.42 Å². The van der Waals surface area contributed by atoms with Crippen molar-refractivity contribution in [1.29, 1.82) is 5.26 Å². The number of aryl methyl sites for hydroxylation is 1. The van der Waals surface area contributed by atoms with E-state index in [9.17, 15) is 8.42 Å². The van der Waals surface area contributed by atoms with Crippen molar-refractivity contribution >= 4 is 15.7 Å². The van der Waals surface area contributed by atoms with Gasteiger partial charge in [0.2, 0.25) is 10.0 Å². The summed E-state index contributed by atoms with van der Waals surface area (Å²) in [5.74, 6) is 0. The van der Waals surface area contributed by atoms with Crippen LogP contribution in [-0.2, 0) is 16.6 Å². The number of aromatic nitrogens is 2. The van der Waals surface area contributed by atoms with Crippen molar-refractivity contribution in [3.63, 3.8) is 0 Å². The Morgan fingerprint density at radius 2 is 2.31 bits per heavy atom. The zero-order valence-electron chi connectivity index (χ0n) is 9.21. The van der Waals surface area contributed by atoms with E-state index in [0.717, 1.165) is 0 Å². The second-order valence-corrected chi connectivity index (χ2v) is 5.12. The molecule has 6 nitrogen and oxygen atoms in total. The fourth-order valence-electron chi connectivity index (χ4n) is 1.20. The molecule has 0 aliphatic heterocycles. The number of nitrogens with one attached hydrogen (secondary N) is 1. The highest BCUT2D eigenvalue weighted by atomic mass is 32.2. The second-order valence-electron chi connectivity index (χ2n) is 3.26. The Morgan fingerprint density at radius 1 is 1.62 bits per heavy atom. The molecule has 0 saturated carbocycles. The lowest BCUT2D eigenvalue weighted by molar-refractivity contribution is 0.593. The van der Waals surface area contributed by atoms with Crippen LogP contribution in [0.15, 0.2) is 12.4 Å². The van der Waals surface area contributed by atoms with Gasteiger partial charge < -0.3 is 0 Å². The van der Waals surface area contributed by atoms with Crippen LogP contribution in [-0.4, -0.2) is 23.4 Å². The van der Waals surface area contributed by atoms with E-state index >= 15 is 0 Å². The number of hydrogen-bond donors (Lipinski definition) is 1. The van der Waals surface area contributed by atoms with E-state index in [1.54, 1.807) is 23.9 Å². The predicted molar refractivity (Wildman–Crippen MR) is 60.1 cm³/mol. The van der Waals surface area contributed by atoms with Gasteiger partial charge in [0, 0.05) is 12.7 Å². The summed E-state index contributed by atoms with van der Waals surface area (Å²) < 4.78 is 27.3. The first-order valence-corrected chi connectivity index (χ1v) is 6.51. The summed E-state index contributed by atoms with van der Waals surface area (Å²) in [7, 11) is -3.63. The maximum atomic E-state index is 11.7. The molecule has 0 radical (unpaired) electrons. The normalized spacial score (nSPS) is 13.1. The molecule has 16 heavy (non-hydrogen) atoms. The maximum Gasteiger partial charge on any atom is 0.249 e. The summed E-state index contributed by atoms with van der Waals surface area (Å²) in [6.45, 7) is 4.22. The van der Waals surface area contributed by atoms with Gasteiger partial charge in [-0.3, -0.25) is 9.40 Å². The first-order valence-electron chi connectivity index (χ1n) is 4.97. The SMILES string of the molecule is CCC(C#N)S(=O)(=O)Nc1cnn(CC)c1. The summed E-state index contributed by atoms with van der Waals surface area (Å²) in [4.78, 5) is 0. The monoisotopic (exact) mass is 242 g/mol. The molecule has 7 heteroatoms. The van der Waals surface area contributed by atoms with Crippen molar-refractivity contribution in [3.8, 4) is 6.07 Å². The van der Waals surface area contributed by atoms with Crippen molar-refractivity contribution in [3.05, 3.63) is 12.4 Å². The number of hydrogen-bond acceptors (Lipinski definition) is 4. The molecule has 0 aliphatic rings. The van der Waals surface area contributed by atoms with Crippen molar-refractivity contribution in [1.82, 2.24) is 9.78 Å². The third-order valence-corrected chi connectivity index (χ3v) is 3.81. The summed E-state index contributed by atoms with van der Waals surface area (Å²) in [5, 5.41) is 11.6. The molecular weight excluding hydrogens is 228 g/mol. The molecule has 0 bridgehead atoms. The predicted octanol–water partition coefficient (Wildman–Crippen LogP) is 0.947. The average molecular weight is 242 g/mol. The minimum atomic E-state index is -3.63. The molecule has 1 atom stereocenters. The molecule has 0 aliphatic carbocycles. The second kappa shape index (κ2) is 4.99. The fourth-order valence-corrected chi connectivity index (χ4v) is 2.36. The van der Waals surface area contributed by atoms with Crippen LogP contribution < -0.4 is 4.72 Å². The third kappa shape index (κ3) is 2.73. The fraction of sp³-hybridized carbons (Fsp3) is 0.556. The van der Waals surface area contributed by atoms with Gasteiger partial charge in [0.05, 0.1) is 18.0 Å². The highest BCUT2D eigenvalue weighted by Gasteiger charge is 2.23. The van der Waals surface area contributed by atoms with Crippen LogP contribution >= 0.6 is 0 Å². The third-order valence-electron chi connectivity index (χ3n) is 2.11. The van der Waals surface area contributed by atoms with Gasteiger partial charge in [0.15, 0.2) is 5.25 Å². The van der Waals surface area contributed by atoms with Crippen LogP contribution in [0.5, 0.6) is 0 Å². The molecule has 1 heterocycles. The van der Waals surface area contributed by atoms with E-state index < -0.39 is 15.3 Å². The zero-order valence-corrected chi connectivity index (χ0v) is 10.0. The molecule has 0 spiro atoms. The van der Waals surface area contributed by atoms with E-state index in [0.29, 0.717) is 12.2 Å². The lowest BCUT2D eigenvalue weighted by Gasteiger charge is -2.08. The number of rotatable bonds is 5. The molecule has 88 valence electrons. The van der Waals surface area contributed by atoms with E-state index in [1.807, 2.05) is 6.92 Å². The molecule has 0 aromatic carbocycles. The lowest BCUT2D eigenvalue weighted by atomic mass is 10.4. The largest absolute Gasteiger partial charge is 0.279 e. The number of nitrogens with zero attached hydrogens (tertiary/aromatic N) is 3. The van der Waals surface area contributed by atoms with Crippen LogP contribution in [0.1, 0.15) is 20.3 Å². The minimum Gasteiger partial charge on any atom is -0.279 e. The molecule has 0 fully saturated rings. The quantitative estimate of drug-likeness (QED) is 0.832. The van der Waals surface area contributed by atoms with Crippen LogP contribution in [0.4, 0.5) is 5.69 Å². The van der Waals surface area contributed by atoms with Crippen LogP contribution in [0.25, 0.3) is 0 Å². The number of sulfonamides is 1. The van der Waals surface area contributed by atoms with Gasteiger partial charge >= 0.3 is 0 Å². The highest BCUT2D eigenvalue weighted by molar-refractivity contribution is 7.93. The van der Waals surface area contributed by atoms with Crippen LogP contribution in [0.2, 0.25) is 0 Å². The minimum absolute atomic E-state index is 0.258. The number of anilines is 1. The average Bonchev–Trinajstić information content (AvgIpc) is 2.66. The smallest absolute Gasteiger partial charge is 0.249 e. The van der Waals surface area contributed by atoms with Crippen molar-refractivity contribution in [2.24, 2.45) is 0 Å². The van der Waals surface area contributed by atoms with Gasteiger partial charge in [0.25, 0.3) is 0 Å². The number of nitriles is 1. The summed E-state index contributed by atoms with van der Waals surface area (Å²) in [5.41, 5.74) is 0.385. The molecule has 0 amide bonds. The van der Waals surface area contributed by atoms with E-state index in [2.05, 4.69) is 9.82 Å². The lowest BCUT2D eigenvalue weighted by Crippen LogP contribution is -2.25. The molecule has 1 aromatic heterocycles. The first-order chi connectivity index (χ1) is 7.53. The molecule has 1 unspecified atom stereocenters. The Balaban J connectivity index is 2.85. The maximum absolute atomic E-state index is 11.7. The molecule has 0 saturated heterocycles. The van der Waals surface area contributed by atoms with Gasteiger partial charge in [-0.2, -0.15) is 10.4 Å². The summed E-state index contributed by atoms with van der Waals surface area (Å²) in [6, 6.07) is 1.76. The van der Waals surface area contributed by atoms with Gasteiger partial charge in [-0.15, -0.1) is 0 Å². The molecule has 1 rings (SSSR count). The van der Waals surface area contributed by atoms with Gasteiger partial charge in [-0.05, 0) is 13.3 Å². The summed E-state index contributed by atoms with van der Waals surface area (Å²) in [6.07, 6.45) is 3.26. The van der Waals surface area contributed by atoms with Crippen molar-refractivity contribution in [2.45, 2.75) is 32.1 Å². The van der Waals surface area contributed by atoms with E-state index in [1.165, 1.54) is 6.20 Å². The van der Waals surface area contributed by atoms with Crippen LogP contribution in [0.3, 0.4) is 0 Å². The molecule has 1 N–H and O–H groups in total. The Kier molecular flexibility index (Phi) is 3.90. The highest BCUT2D eigenvalue weighted by Crippen LogP contribution is 2.12. The van der Waals surface area contributed by atoms with Crippen LogP contribution in [0, 0.1) is 11.3 Å². The standard InChI is InChI=1S/C9H14N4O2S/c1-3-9(5-10)16(14,15)12-8-6-11-13(4-2)7-8/h6-7,9,12H,3-4H2,1-2H3. The van der Waals surface area contributed by atoms with Crippen molar-refractivity contribution in [2.75, 3.05) is 4.72 Å².